The van der Waals surface area contributed by atoms with Gasteiger partial charge in [0.05, 0.1) is 0 Å². The molecule has 0 heterocycles. The van der Waals surface area contributed by atoms with Gasteiger partial charge in [0.2, 0.25) is 0 Å². The zero-order valence-electron chi connectivity index (χ0n) is 14.0. The van der Waals surface area contributed by atoms with Gasteiger partial charge in [-0.3, -0.25) is 4.90 Å². The van der Waals surface area contributed by atoms with Gasteiger partial charge >= 0.3 is 0 Å². The third-order valence-corrected chi connectivity index (χ3v) is 5.27. The Kier molecular flexibility index (Phi) is 7.38. The molecule has 2 nitrogen and oxygen atoms in total. The third-order valence-electron chi connectivity index (χ3n) is 5.27. The summed E-state index contributed by atoms with van der Waals surface area (Å²) in [4.78, 5) is 2.75. The van der Waals surface area contributed by atoms with Crippen molar-refractivity contribution in [2.75, 3.05) is 19.6 Å². The van der Waals surface area contributed by atoms with E-state index in [4.69, 9.17) is 0 Å². The van der Waals surface area contributed by atoms with Crippen molar-refractivity contribution in [2.45, 2.75) is 84.7 Å². The first-order valence-corrected chi connectivity index (χ1v) is 8.64. The maximum atomic E-state index is 3.91. The Morgan fingerprint density at radius 1 is 1.05 bits per heavy atom. The highest BCUT2D eigenvalue weighted by atomic mass is 15.2. The number of likely N-dealkylation sites (N-methyl/N-ethyl adjacent to an activating group) is 1. The van der Waals surface area contributed by atoms with Crippen LogP contribution in [0.2, 0.25) is 0 Å². The minimum absolute atomic E-state index is 0.425. The molecular weight excluding hydrogens is 232 g/mol. The highest BCUT2D eigenvalue weighted by molar-refractivity contribution is 5.04. The summed E-state index contributed by atoms with van der Waals surface area (Å²) in [5.41, 5.74) is 0.425. The minimum Gasteiger partial charge on any atom is -0.312 e. The van der Waals surface area contributed by atoms with E-state index >= 15 is 0 Å². The van der Waals surface area contributed by atoms with Crippen LogP contribution in [0.3, 0.4) is 0 Å². The summed E-state index contributed by atoms with van der Waals surface area (Å²) in [5.74, 6) is 0.769. The first kappa shape index (κ1) is 17.0. The molecule has 1 aliphatic rings. The fraction of sp³-hybridized carbons (Fsp3) is 1.00. The van der Waals surface area contributed by atoms with Gasteiger partial charge < -0.3 is 5.32 Å². The summed E-state index contributed by atoms with van der Waals surface area (Å²) in [6.07, 6.45) is 8.13. The van der Waals surface area contributed by atoms with Gasteiger partial charge in [0.25, 0.3) is 0 Å². The molecule has 0 bridgehead atoms. The predicted octanol–water partition coefficient (Wildman–Crippen LogP) is 4.06. The predicted molar refractivity (Wildman–Crippen MR) is 85.7 cm³/mol. The van der Waals surface area contributed by atoms with Gasteiger partial charge in [-0.15, -0.1) is 0 Å². The van der Waals surface area contributed by atoms with Crippen molar-refractivity contribution in [2.24, 2.45) is 5.92 Å². The fourth-order valence-electron chi connectivity index (χ4n) is 4.12. The van der Waals surface area contributed by atoms with Gasteiger partial charge in [0.1, 0.15) is 0 Å². The number of nitrogens with one attached hydrogen (secondary N) is 1. The van der Waals surface area contributed by atoms with Gasteiger partial charge in [-0.2, -0.15) is 0 Å². The number of hydrogen-bond acceptors (Lipinski definition) is 2. The number of nitrogens with zero attached hydrogens (tertiary/aromatic N) is 1. The summed E-state index contributed by atoms with van der Waals surface area (Å²) in [6.45, 7) is 15.3. The Labute approximate surface area is 121 Å². The van der Waals surface area contributed by atoms with Crippen LogP contribution in [0.4, 0.5) is 0 Å². The zero-order valence-corrected chi connectivity index (χ0v) is 14.0. The molecule has 2 atom stereocenters. The van der Waals surface area contributed by atoms with Crippen LogP contribution in [0.1, 0.15) is 73.1 Å². The van der Waals surface area contributed by atoms with Crippen LogP contribution in [-0.4, -0.2) is 36.1 Å². The lowest BCUT2D eigenvalue weighted by atomic mass is 9.78. The summed E-state index contributed by atoms with van der Waals surface area (Å²) >= 11 is 0. The Morgan fingerprint density at radius 3 is 2.05 bits per heavy atom. The van der Waals surface area contributed by atoms with Crippen LogP contribution in [0.25, 0.3) is 0 Å². The molecule has 114 valence electrons. The fourth-order valence-corrected chi connectivity index (χ4v) is 4.12. The normalized spacial score (nSPS) is 21.8. The van der Waals surface area contributed by atoms with Crippen molar-refractivity contribution >= 4 is 0 Å². The van der Waals surface area contributed by atoms with Crippen LogP contribution in [0.5, 0.6) is 0 Å². The molecule has 0 radical (unpaired) electrons. The zero-order chi connectivity index (χ0) is 14.3. The second-order valence-electron chi connectivity index (χ2n) is 6.30. The van der Waals surface area contributed by atoms with E-state index in [0.717, 1.165) is 12.5 Å². The smallest absolute Gasteiger partial charge is 0.0364 e. The Bertz CT molecular complexity index is 229. The van der Waals surface area contributed by atoms with E-state index in [2.05, 4.69) is 44.8 Å². The van der Waals surface area contributed by atoms with E-state index in [1.807, 2.05) is 0 Å². The second-order valence-corrected chi connectivity index (χ2v) is 6.30. The van der Waals surface area contributed by atoms with Gasteiger partial charge in [0.15, 0.2) is 0 Å². The van der Waals surface area contributed by atoms with E-state index < -0.39 is 0 Å². The van der Waals surface area contributed by atoms with E-state index in [0.29, 0.717) is 11.6 Å². The third kappa shape index (κ3) is 3.72. The lowest BCUT2D eigenvalue weighted by Gasteiger charge is -2.49. The molecule has 2 unspecified atom stereocenters. The molecule has 1 aliphatic carbocycles. The lowest BCUT2D eigenvalue weighted by Crippen LogP contribution is -2.62. The SMILES string of the molecule is CCCNC(C(C)CC)C1(N(CC)CC)CCCC1. The average molecular weight is 268 g/mol. The molecule has 0 aliphatic heterocycles. The Hall–Kier alpha value is -0.0800. The lowest BCUT2D eigenvalue weighted by molar-refractivity contribution is 0.0413. The van der Waals surface area contributed by atoms with E-state index in [-0.39, 0.29) is 0 Å². The van der Waals surface area contributed by atoms with Crippen molar-refractivity contribution in [1.29, 1.82) is 0 Å². The van der Waals surface area contributed by atoms with Crippen LogP contribution in [-0.2, 0) is 0 Å². The summed E-state index contributed by atoms with van der Waals surface area (Å²) < 4.78 is 0. The van der Waals surface area contributed by atoms with Crippen molar-refractivity contribution in [1.82, 2.24) is 10.2 Å². The Morgan fingerprint density at radius 2 is 1.63 bits per heavy atom. The highest BCUT2D eigenvalue weighted by Gasteiger charge is 2.46. The minimum atomic E-state index is 0.425. The largest absolute Gasteiger partial charge is 0.312 e. The molecule has 1 saturated carbocycles. The maximum absolute atomic E-state index is 3.91. The first-order chi connectivity index (χ1) is 9.16. The van der Waals surface area contributed by atoms with Crippen LogP contribution >= 0.6 is 0 Å². The van der Waals surface area contributed by atoms with E-state index in [1.54, 1.807) is 0 Å². The molecule has 1 rings (SSSR count). The number of hydrogen-bond donors (Lipinski definition) is 1. The molecule has 0 amide bonds. The van der Waals surface area contributed by atoms with Crippen molar-refractivity contribution in [3.63, 3.8) is 0 Å². The quantitative estimate of drug-likeness (QED) is 0.678. The summed E-state index contributed by atoms with van der Waals surface area (Å²) in [5, 5.41) is 3.91. The van der Waals surface area contributed by atoms with Crippen molar-refractivity contribution in [3.05, 3.63) is 0 Å². The maximum Gasteiger partial charge on any atom is 0.0364 e. The van der Waals surface area contributed by atoms with Gasteiger partial charge in [-0.25, -0.2) is 0 Å². The molecule has 0 aromatic carbocycles. The molecule has 0 spiro atoms. The molecule has 0 aromatic rings. The van der Waals surface area contributed by atoms with Crippen LogP contribution in [0, 0.1) is 5.92 Å². The molecule has 1 fully saturated rings. The average Bonchev–Trinajstić information content (AvgIpc) is 2.90. The molecule has 0 saturated heterocycles. The van der Waals surface area contributed by atoms with Gasteiger partial charge in [0, 0.05) is 11.6 Å². The van der Waals surface area contributed by atoms with Gasteiger partial charge in [-0.1, -0.05) is 53.9 Å². The van der Waals surface area contributed by atoms with Crippen molar-refractivity contribution < 1.29 is 0 Å². The molecule has 0 aromatic heterocycles. The monoisotopic (exact) mass is 268 g/mol. The topological polar surface area (TPSA) is 15.3 Å². The van der Waals surface area contributed by atoms with Crippen LogP contribution in [0.15, 0.2) is 0 Å². The molecular formula is C17H36N2. The molecule has 19 heavy (non-hydrogen) atoms. The van der Waals surface area contributed by atoms with E-state index in [1.165, 1.54) is 51.6 Å². The Balaban J connectivity index is 2.96. The highest BCUT2D eigenvalue weighted by Crippen LogP contribution is 2.41. The summed E-state index contributed by atoms with van der Waals surface area (Å²) in [6, 6.07) is 0.667. The second kappa shape index (κ2) is 8.26. The molecule has 2 heteroatoms. The standard InChI is InChI=1S/C17H36N2/c1-6-14-18-16(15(5)7-2)17(12-10-11-13-17)19(8-3)9-4/h15-16,18H,6-14H2,1-5H3. The first-order valence-electron chi connectivity index (χ1n) is 8.64. The number of rotatable bonds is 9. The van der Waals surface area contributed by atoms with Crippen molar-refractivity contribution in [3.8, 4) is 0 Å². The van der Waals surface area contributed by atoms with Crippen LogP contribution < -0.4 is 5.32 Å². The summed E-state index contributed by atoms with van der Waals surface area (Å²) in [7, 11) is 0. The molecule has 1 N–H and O–H groups in total. The van der Waals surface area contributed by atoms with E-state index in [9.17, 15) is 0 Å². The van der Waals surface area contributed by atoms with Gasteiger partial charge in [-0.05, 0) is 44.8 Å².